The molecule has 1 aromatic rings. The summed E-state index contributed by atoms with van der Waals surface area (Å²) < 4.78 is 5.04. The number of carbonyl (C=O) groups is 4. The molecule has 0 radical (unpaired) electrons. The summed E-state index contributed by atoms with van der Waals surface area (Å²) in [5, 5.41) is 0. The number of rotatable bonds is 5. The third-order valence-electron chi connectivity index (χ3n) is 4.18. The maximum atomic E-state index is 12.9. The fraction of sp³-hybridized carbons (Fsp3) is 0.333. The summed E-state index contributed by atoms with van der Waals surface area (Å²) in [6.07, 6.45) is 1.51. The quantitative estimate of drug-likeness (QED) is 0.358. The molecule has 1 aliphatic rings. The third kappa shape index (κ3) is 2.99. The number of carbonyl (C=O) groups excluding carboxylic acids is 4. The van der Waals surface area contributed by atoms with Crippen LogP contribution in [0.5, 0.6) is 0 Å². The Morgan fingerprint density at radius 3 is 2.54 bits per heavy atom. The number of ether oxygens (including phenoxy) is 1. The minimum absolute atomic E-state index is 0.0333. The fourth-order valence-corrected chi connectivity index (χ4v) is 2.72. The van der Waals surface area contributed by atoms with Crippen molar-refractivity contribution in [3.63, 3.8) is 0 Å². The maximum Gasteiger partial charge on any atom is 0.322 e. The van der Waals surface area contributed by atoms with Crippen molar-refractivity contribution in [2.75, 3.05) is 6.61 Å². The standard InChI is InChI=1S/C18H19NO5/c1-3-12-24-17(23)18(4-2)11-10-14(20)19(16(18)22)15(21)13-8-6-5-7-9-13/h3,5-9H,1,4,10-12H2,2H3. The van der Waals surface area contributed by atoms with Crippen LogP contribution in [0.25, 0.3) is 0 Å². The second-order valence-electron chi connectivity index (χ2n) is 5.53. The Balaban J connectivity index is 2.36. The lowest BCUT2D eigenvalue weighted by atomic mass is 9.76. The van der Waals surface area contributed by atoms with E-state index in [1.165, 1.54) is 18.2 Å². The predicted octanol–water partition coefficient (Wildman–Crippen LogP) is 2.10. The maximum absolute atomic E-state index is 12.9. The highest BCUT2D eigenvalue weighted by molar-refractivity contribution is 6.22. The summed E-state index contributed by atoms with van der Waals surface area (Å²) >= 11 is 0. The van der Waals surface area contributed by atoms with Gasteiger partial charge in [-0.1, -0.05) is 37.8 Å². The van der Waals surface area contributed by atoms with E-state index in [1.807, 2.05) is 0 Å². The molecule has 0 aliphatic carbocycles. The highest BCUT2D eigenvalue weighted by Gasteiger charge is 2.54. The number of hydrogen-bond donors (Lipinski definition) is 0. The number of likely N-dealkylation sites (tertiary alicyclic amines) is 1. The molecule has 1 saturated heterocycles. The van der Waals surface area contributed by atoms with Gasteiger partial charge in [0, 0.05) is 12.0 Å². The summed E-state index contributed by atoms with van der Waals surface area (Å²) in [5.41, 5.74) is -1.30. The van der Waals surface area contributed by atoms with Crippen LogP contribution in [0, 0.1) is 5.41 Å². The van der Waals surface area contributed by atoms with Gasteiger partial charge in [0.15, 0.2) is 0 Å². The Hall–Kier alpha value is -2.76. The summed E-state index contributed by atoms with van der Waals surface area (Å²) in [4.78, 5) is 50.6. The Morgan fingerprint density at radius 2 is 1.96 bits per heavy atom. The van der Waals surface area contributed by atoms with Gasteiger partial charge in [-0.3, -0.25) is 19.2 Å². The molecule has 1 heterocycles. The number of hydrogen-bond acceptors (Lipinski definition) is 5. The van der Waals surface area contributed by atoms with Gasteiger partial charge in [0.1, 0.15) is 12.0 Å². The summed E-state index contributed by atoms with van der Waals surface area (Å²) in [6, 6.07) is 8.02. The molecule has 1 atom stereocenters. The van der Waals surface area contributed by atoms with Crippen molar-refractivity contribution in [3.05, 3.63) is 48.6 Å². The SMILES string of the molecule is C=CCOC(=O)C1(CC)CCC(=O)N(C(=O)c2ccccc2)C1=O. The Labute approximate surface area is 140 Å². The average Bonchev–Trinajstić information content (AvgIpc) is 2.61. The van der Waals surface area contributed by atoms with Gasteiger partial charge in [-0.2, -0.15) is 0 Å². The number of nitrogens with zero attached hydrogens (tertiary/aromatic N) is 1. The van der Waals surface area contributed by atoms with Gasteiger partial charge in [0.2, 0.25) is 5.91 Å². The van der Waals surface area contributed by atoms with Crippen LogP contribution in [0.15, 0.2) is 43.0 Å². The van der Waals surface area contributed by atoms with Gasteiger partial charge in [-0.25, -0.2) is 4.90 Å². The zero-order valence-electron chi connectivity index (χ0n) is 13.5. The predicted molar refractivity (Wildman–Crippen MR) is 85.7 cm³/mol. The largest absolute Gasteiger partial charge is 0.461 e. The molecule has 3 amide bonds. The van der Waals surface area contributed by atoms with E-state index < -0.39 is 29.1 Å². The lowest BCUT2D eigenvalue weighted by Gasteiger charge is -2.36. The van der Waals surface area contributed by atoms with E-state index in [4.69, 9.17) is 4.74 Å². The molecular formula is C18H19NO5. The monoisotopic (exact) mass is 329 g/mol. The highest BCUT2D eigenvalue weighted by Crippen LogP contribution is 2.37. The van der Waals surface area contributed by atoms with E-state index in [2.05, 4.69) is 6.58 Å². The lowest BCUT2D eigenvalue weighted by Crippen LogP contribution is -2.57. The van der Waals surface area contributed by atoms with Gasteiger partial charge in [-0.15, -0.1) is 0 Å². The number of esters is 1. The molecule has 2 rings (SSSR count). The van der Waals surface area contributed by atoms with Crippen molar-refractivity contribution >= 4 is 23.7 Å². The van der Waals surface area contributed by atoms with E-state index in [-0.39, 0.29) is 31.4 Å². The first-order valence-electron chi connectivity index (χ1n) is 7.73. The Morgan fingerprint density at radius 1 is 1.29 bits per heavy atom. The number of amides is 3. The van der Waals surface area contributed by atoms with Crippen molar-refractivity contribution in [2.45, 2.75) is 26.2 Å². The smallest absolute Gasteiger partial charge is 0.322 e. The zero-order chi connectivity index (χ0) is 17.7. The van der Waals surface area contributed by atoms with Gasteiger partial charge < -0.3 is 4.74 Å². The molecule has 0 saturated carbocycles. The zero-order valence-corrected chi connectivity index (χ0v) is 13.5. The van der Waals surface area contributed by atoms with Crippen LogP contribution < -0.4 is 0 Å². The minimum Gasteiger partial charge on any atom is -0.461 e. The Bertz CT molecular complexity index is 682. The molecule has 0 N–H and O–H groups in total. The fourth-order valence-electron chi connectivity index (χ4n) is 2.72. The molecule has 0 bridgehead atoms. The molecule has 1 fully saturated rings. The van der Waals surface area contributed by atoms with Crippen LogP contribution in [0.4, 0.5) is 0 Å². The van der Waals surface area contributed by atoms with Crippen LogP contribution in [-0.2, 0) is 19.1 Å². The van der Waals surface area contributed by atoms with Gasteiger partial charge in [0.25, 0.3) is 11.8 Å². The summed E-state index contributed by atoms with van der Waals surface area (Å²) in [6.45, 7) is 5.09. The molecule has 6 nitrogen and oxygen atoms in total. The average molecular weight is 329 g/mol. The van der Waals surface area contributed by atoms with Crippen LogP contribution >= 0.6 is 0 Å². The van der Waals surface area contributed by atoms with E-state index in [9.17, 15) is 19.2 Å². The number of benzene rings is 1. The highest BCUT2D eigenvalue weighted by atomic mass is 16.5. The van der Waals surface area contributed by atoms with Gasteiger partial charge in [0.05, 0.1) is 0 Å². The van der Waals surface area contributed by atoms with Crippen molar-refractivity contribution in [1.82, 2.24) is 4.90 Å². The number of piperidine rings is 1. The normalized spacial score (nSPS) is 20.6. The molecule has 0 aromatic heterocycles. The topological polar surface area (TPSA) is 80.8 Å². The summed E-state index contributed by atoms with van der Waals surface area (Å²) in [7, 11) is 0. The minimum atomic E-state index is -1.51. The molecule has 6 heteroatoms. The van der Waals surface area contributed by atoms with Crippen LogP contribution in [0.1, 0.15) is 36.5 Å². The number of imide groups is 3. The third-order valence-corrected chi connectivity index (χ3v) is 4.18. The first-order valence-corrected chi connectivity index (χ1v) is 7.73. The van der Waals surface area contributed by atoms with E-state index in [0.717, 1.165) is 0 Å². The first kappa shape index (κ1) is 17.6. The van der Waals surface area contributed by atoms with Gasteiger partial charge >= 0.3 is 5.97 Å². The molecule has 24 heavy (non-hydrogen) atoms. The lowest BCUT2D eigenvalue weighted by molar-refractivity contribution is -0.169. The van der Waals surface area contributed by atoms with Gasteiger partial charge in [-0.05, 0) is 25.0 Å². The van der Waals surface area contributed by atoms with Crippen LogP contribution in [0.3, 0.4) is 0 Å². The van der Waals surface area contributed by atoms with Crippen LogP contribution in [0.2, 0.25) is 0 Å². The van der Waals surface area contributed by atoms with E-state index >= 15 is 0 Å². The van der Waals surface area contributed by atoms with E-state index in [0.29, 0.717) is 4.90 Å². The molecule has 1 aromatic carbocycles. The van der Waals surface area contributed by atoms with E-state index in [1.54, 1.807) is 25.1 Å². The van der Waals surface area contributed by atoms with Crippen molar-refractivity contribution in [2.24, 2.45) is 5.41 Å². The molecule has 0 spiro atoms. The molecule has 126 valence electrons. The summed E-state index contributed by atoms with van der Waals surface area (Å²) in [5.74, 6) is -2.87. The second-order valence-corrected chi connectivity index (χ2v) is 5.53. The van der Waals surface area contributed by atoms with Crippen LogP contribution in [-0.4, -0.2) is 35.2 Å². The van der Waals surface area contributed by atoms with Crippen molar-refractivity contribution in [3.8, 4) is 0 Å². The molecule has 1 unspecified atom stereocenters. The van der Waals surface area contributed by atoms with Crippen molar-refractivity contribution < 1.29 is 23.9 Å². The second kappa shape index (κ2) is 7.21. The van der Waals surface area contributed by atoms with Crippen molar-refractivity contribution in [1.29, 1.82) is 0 Å². The molecular weight excluding hydrogens is 310 g/mol. The molecule has 1 aliphatic heterocycles. The first-order chi connectivity index (χ1) is 11.5. The Kier molecular flexibility index (Phi) is 5.28.